The maximum absolute atomic E-state index is 14.1. The standard InChI is InChI=1S/C31H31F3N4O6S/c1-4-27(26-14-11-23(20-36-26)43-29-7-5-6-16-35-29)44-28-15-8-21(19-25(28)31(32,33)34)30(39)37-45(40,41)24-12-9-22(10-13-24)42-18-17-38(2)3/h5-16,19-20,27H,4,17-18H2,1-3H3,(H,37,39). The lowest BCUT2D eigenvalue weighted by Gasteiger charge is -2.21. The van der Waals surface area contributed by atoms with Gasteiger partial charge < -0.3 is 19.1 Å². The highest BCUT2D eigenvalue weighted by Gasteiger charge is 2.36. The van der Waals surface area contributed by atoms with Crippen molar-refractivity contribution in [2.24, 2.45) is 0 Å². The Hall–Kier alpha value is -4.69. The molecule has 1 unspecified atom stereocenters. The number of pyridine rings is 2. The molecule has 4 rings (SSSR count). The van der Waals surface area contributed by atoms with Crippen molar-refractivity contribution in [1.29, 1.82) is 0 Å². The third-order valence-corrected chi connectivity index (χ3v) is 7.65. The number of likely N-dealkylation sites (N-methyl/N-ethyl adjacent to an activating group) is 1. The van der Waals surface area contributed by atoms with Gasteiger partial charge in [0.1, 0.15) is 30.0 Å². The Bertz CT molecular complexity index is 1690. The van der Waals surface area contributed by atoms with Gasteiger partial charge in [-0.2, -0.15) is 13.2 Å². The number of rotatable bonds is 13. The van der Waals surface area contributed by atoms with Gasteiger partial charge in [0, 0.05) is 24.4 Å². The predicted molar refractivity (Wildman–Crippen MR) is 159 cm³/mol. The second-order valence-corrected chi connectivity index (χ2v) is 11.7. The number of ether oxygens (including phenoxy) is 3. The molecule has 1 N–H and O–H groups in total. The monoisotopic (exact) mass is 644 g/mol. The van der Waals surface area contributed by atoms with E-state index in [1.54, 1.807) is 43.5 Å². The summed E-state index contributed by atoms with van der Waals surface area (Å²) in [5.41, 5.74) is -1.43. The van der Waals surface area contributed by atoms with E-state index in [1.165, 1.54) is 30.5 Å². The van der Waals surface area contributed by atoms with E-state index < -0.39 is 45.1 Å². The molecule has 0 radical (unpaired) electrons. The zero-order chi connectivity index (χ0) is 32.6. The van der Waals surface area contributed by atoms with Crippen molar-refractivity contribution in [3.05, 3.63) is 102 Å². The summed E-state index contributed by atoms with van der Waals surface area (Å²) >= 11 is 0. The fourth-order valence-corrected chi connectivity index (χ4v) is 4.95. The van der Waals surface area contributed by atoms with E-state index in [9.17, 15) is 26.4 Å². The predicted octanol–water partition coefficient (Wildman–Crippen LogP) is 5.88. The molecule has 0 aliphatic carbocycles. The molecule has 1 atom stereocenters. The summed E-state index contributed by atoms with van der Waals surface area (Å²) < 4.78 is 86.6. The van der Waals surface area contributed by atoms with Crippen LogP contribution in [0.3, 0.4) is 0 Å². The molecule has 14 heteroatoms. The van der Waals surface area contributed by atoms with E-state index in [-0.39, 0.29) is 11.3 Å². The largest absolute Gasteiger partial charge is 0.492 e. The number of alkyl halides is 3. The molecular formula is C31H31F3N4O6S. The number of hydrogen-bond acceptors (Lipinski definition) is 9. The van der Waals surface area contributed by atoms with Crippen molar-refractivity contribution >= 4 is 15.9 Å². The van der Waals surface area contributed by atoms with E-state index in [4.69, 9.17) is 14.2 Å². The average Bonchev–Trinajstić information content (AvgIpc) is 3.00. The van der Waals surface area contributed by atoms with Gasteiger partial charge in [-0.3, -0.25) is 9.78 Å². The van der Waals surface area contributed by atoms with Crippen LogP contribution in [0.25, 0.3) is 0 Å². The number of halogens is 3. The normalized spacial score (nSPS) is 12.4. The van der Waals surface area contributed by atoms with Gasteiger partial charge in [-0.15, -0.1) is 0 Å². The first kappa shape index (κ1) is 33.2. The van der Waals surface area contributed by atoms with Crippen molar-refractivity contribution in [3.8, 4) is 23.1 Å². The molecule has 0 saturated heterocycles. The van der Waals surface area contributed by atoms with Crippen molar-refractivity contribution in [3.63, 3.8) is 0 Å². The van der Waals surface area contributed by atoms with Crippen LogP contribution in [-0.2, 0) is 16.2 Å². The Morgan fingerprint density at radius 2 is 1.71 bits per heavy atom. The van der Waals surface area contributed by atoms with Crippen molar-refractivity contribution in [1.82, 2.24) is 19.6 Å². The molecule has 0 saturated carbocycles. The highest BCUT2D eigenvalue weighted by atomic mass is 32.2. The SMILES string of the molecule is CCC(Oc1ccc(C(=O)NS(=O)(=O)c2ccc(OCCN(C)C)cc2)cc1C(F)(F)F)c1ccc(Oc2ccccn2)cn1. The fraction of sp³-hybridized carbons (Fsp3) is 0.258. The van der Waals surface area contributed by atoms with Gasteiger partial charge in [-0.25, -0.2) is 18.1 Å². The lowest BCUT2D eigenvalue weighted by molar-refractivity contribution is -0.139. The number of sulfonamides is 1. The van der Waals surface area contributed by atoms with Gasteiger partial charge in [0.2, 0.25) is 5.88 Å². The number of amides is 1. The number of nitrogens with one attached hydrogen (secondary N) is 1. The Morgan fingerprint density at radius 1 is 0.978 bits per heavy atom. The number of benzene rings is 2. The molecule has 0 aliphatic heterocycles. The Kier molecular flexibility index (Phi) is 10.6. The average molecular weight is 645 g/mol. The maximum atomic E-state index is 14.1. The van der Waals surface area contributed by atoms with Crippen molar-refractivity contribution in [2.45, 2.75) is 30.5 Å². The van der Waals surface area contributed by atoms with Crippen LogP contribution >= 0.6 is 0 Å². The third kappa shape index (κ3) is 9.16. The molecule has 238 valence electrons. The van der Waals surface area contributed by atoms with Gasteiger partial charge in [-0.05, 0) is 81.2 Å². The molecular weight excluding hydrogens is 613 g/mol. The molecule has 0 spiro atoms. The smallest absolute Gasteiger partial charge is 0.419 e. The number of nitrogens with zero attached hydrogens (tertiary/aromatic N) is 3. The molecule has 1 amide bonds. The molecule has 0 bridgehead atoms. The molecule has 2 heterocycles. The zero-order valence-corrected chi connectivity index (χ0v) is 25.4. The molecule has 10 nitrogen and oxygen atoms in total. The van der Waals surface area contributed by atoms with Gasteiger partial charge >= 0.3 is 6.18 Å². The van der Waals surface area contributed by atoms with Crippen LogP contribution in [0.5, 0.6) is 23.1 Å². The van der Waals surface area contributed by atoms with Crippen LogP contribution in [0.1, 0.15) is 41.1 Å². The van der Waals surface area contributed by atoms with Crippen LogP contribution in [0.2, 0.25) is 0 Å². The number of carbonyl (C=O) groups is 1. The number of hydrogen-bond donors (Lipinski definition) is 1. The molecule has 0 aliphatic rings. The Balaban J connectivity index is 1.48. The third-order valence-electron chi connectivity index (χ3n) is 6.30. The molecule has 0 fully saturated rings. The lowest BCUT2D eigenvalue weighted by Crippen LogP contribution is -2.30. The highest BCUT2D eigenvalue weighted by Crippen LogP contribution is 2.39. The zero-order valence-electron chi connectivity index (χ0n) is 24.6. The van der Waals surface area contributed by atoms with Crippen LogP contribution in [0.15, 0.2) is 90.1 Å². The van der Waals surface area contributed by atoms with Crippen LogP contribution in [0.4, 0.5) is 13.2 Å². The Morgan fingerprint density at radius 3 is 2.31 bits per heavy atom. The van der Waals surface area contributed by atoms with E-state index in [2.05, 4.69) is 9.97 Å². The summed E-state index contributed by atoms with van der Waals surface area (Å²) in [5.74, 6) is -0.648. The minimum atomic E-state index is -4.92. The van der Waals surface area contributed by atoms with E-state index >= 15 is 0 Å². The second-order valence-electron chi connectivity index (χ2n) is 9.97. The summed E-state index contributed by atoms with van der Waals surface area (Å²) in [5, 5.41) is 0. The van der Waals surface area contributed by atoms with Crippen molar-refractivity contribution < 1.29 is 40.6 Å². The van der Waals surface area contributed by atoms with Crippen molar-refractivity contribution in [2.75, 3.05) is 27.2 Å². The molecule has 2 aromatic carbocycles. The maximum Gasteiger partial charge on any atom is 0.419 e. The summed E-state index contributed by atoms with van der Waals surface area (Å²) in [6.07, 6.45) is -2.55. The van der Waals surface area contributed by atoms with Crippen LogP contribution in [-0.4, -0.2) is 56.4 Å². The quantitative estimate of drug-likeness (QED) is 0.190. The second kappa shape index (κ2) is 14.4. The first-order valence-corrected chi connectivity index (χ1v) is 15.2. The minimum Gasteiger partial charge on any atom is -0.492 e. The summed E-state index contributed by atoms with van der Waals surface area (Å²) in [7, 11) is -0.646. The van der Waals surface area contributed by atoms with Crippen LogP contribution < -0.4 is 18.9 Å². The minimum absolute atomic E-state index is 0.262. The number of carbonyl (C=O) groups excluding carboxylic acids is 1. The first-order valence-electron chi connectivity index (χ1n) is 13.7. The molecule has 45 heavy (non-hydrogen) atoms. The summed E-state index contributed by atoms with van der Waals surface area (Å²) in [4.78, 5) is 22.8. The summed E-state index contributed by atoms with van der Waals surface area (Å²) in [6, 6.07) is 16.2. The van der Waals surface area contributed by atoms with Gasteiger partial charge in [0.15, 0.2) is 0 Å². The molecule has 2 aromatic heterocycles. The topological polar surface area (TPSA) is 120 Å². The van der Waals surface area contributed by atoms with E-state index in [0.29, 0.717) is 42.3 Å². The van der Waals surface area contributed by atoms with Gasteiger partial charge in [0.25, 0.3) is 15.9 Å². The van der Waals surface area contributed by atoms with E-state index in [1.807, 2.05) is 23.7 Å². The lowest BCUT2D eigenvalue weighted by atomic mass is 10.1. The fourth-order valence-electron chi connectivity index (χ4n) is 3.97. The van der Waals surface area contributed by atoms with Gasteiger partial charge in [-0.1, -0.05) is 13.0 Å². The first-order chi connectivity index (χ1) is 21.4. The number of aromatic nitrogens is 2. The van der Waals surface area contributed by atoms with Gasteiger partial charge in [0.05, 0.1) is 22.3 Å². The Labute approximate surface area is 258 Å². The summed E-state index contributed by atoms with van der Waals surface area (Å²) in [6.45, 7) is 2.74. The van der Waals surface area contributed by atoms with E-state index in [0.717, 1.165) is 12.1 Å². The van der Waals surface area contributed by atoms with Crippen LogP contribution in [0, 0.1) is 0 Å². The highest BCUT2D eigenvalue weighted by molar-refractivity contribution is 7.90. The molecule has 4 aromatic rings.